The average Bonchev–Trinajstić information content (AvgIpc) is 3.33. The molecule has 4 rings (SSSR count). The third kappa shape index (κ3) is 7.03. The zero-order chi connectivity index (χ0) is 26.9. The van der Waals surface area contributed by atoms with Crippen molar-refractivity contribution in [3.8, 4) is 0 Å². The number of hydrogen-bond acceptors (Lipinski definition) is 4. The van der Waals surface area contributed by atoms with Crippen LogP contribution < -0.4 is 5.32 Å². The molecule has 8 heteroatoms. The average molecular weight is 550 g/mol. The van der Waals surface area contributed by atoms with Crippen LogP contribution in [0, 0.1) is 0 Å². The van der Waals surface area contributed by atoms with Crippen LogP contribution in [0.3, 0.4) is 0 Å². The van der Waals surface area contributed by atoms with E-state index in [4.69, 9.17) is 28.0 Å². The number of nitrogens with one attached hydrogen (secondary N) is 1. The lowest BCUT2D eigenvalue weighted by Crippen LogP contribution is -2.42. The van der Waals surface area contributed by atoms with Crippen molar-refractivity contribution in [2.24, 2.45) is 5.16 Å². The van der Waals surface area contributed by atoms with E-state index in [2.05, 4.69) is 17.1 Å². The third-order valence-electron chi connectivity index (χ3n) is 6.33. The Morgan fingerprint density at radius 2 is 1.68 bits per heavy atom. The summed E-state index contributed by atoms with van der Waals surface area (Å²) in [7, 11) is 0. The Morgan fingerprint density at radius 1 is 1.03 bits per heavy atom. The predicted octanol–water partition coefficient (Wildman–Crippen LogP) is 5.99. The Kier molecular flexibility index (Phi) is 9.57. The van der Waals surface area contributed by atoms with Crippen LogP contribution in [0.4, 0.5) is 0 Å². The Labute approximate surface area is 232 Å². The fourth-order valence-electron chi connectivity index (χ4n) is 4.51. The lowest BCUT2D eigenvalue weighted by atomic mass is 9.89. The number of hydrogen-bond donors (Lipinski definition) is 1. The molecule has 3 aromatic rings. The van der Waals surface area contributed by atoms with E-state index >= 15 is 0 Å². The molecule has 0 unspecified atom stereocenters. The van der Waals surface area contributed by atoms with Crippen LogP contribution in [0.25, 0.3) is 0 Å². The van der Waals surface area contributed by atoms with Crippen molar-refractivity contribution in [2.45, 2.75) is 31.4 Å². The number of carbonyl (C=O) groups is 2. The first-order valence-electron chi connectivity index (χ1n) is 12.4. The van der Waals surface area contributed by atoms with E-state index in [1.807, 2.05) is 66.7 Å². The SMILES string of the molecule is C=CCNC(=O)C[C@@H]1CC(=NOCc2ccc(Cl)c(Cl)c2)CN1C(=O)C(c1ccccc1)c1ccccc1. The molecule has 1 atom stereocenters. The number of amides is 2. The Bertz CT molecular complexity index is 1260. The summed E-state index contributed by atoms with van der Waals surface area (Å²) in [5, 5.41) is 8.05. The van der Waals surface area contributed by atoms with Gasteiger partial charge >= 0.3 is 0 Å². The maximum Gasteiger partial charge on any atom is 0.235 e. The molecule has 196 valence electrons. The van der Waals surface area contributed by atoms with E-state index in [0.29, 0.717) is 28.7 Å². The van der Waals surface area contributed by atoms with E-state index in [9.17, 15) is 9.59 Å². The Morgan fingerprint density at radius 3 is 2.29 bits per heavy atom. The summed E-state index contributed by atoms with van der Waals surface area (Å²) in [5.41, 5.74) is 3.29. The van der Waals surface area contributed by atoms with Gasteiger partial charge in [-0.25, -0.2) is 0 Å². The van der Waals surface area contributed by atoms with Gasteiger partial charge in [0.25, 0.3) is 0 Å². The van der Waals surface area contributed by atoms with E-state index in [-0.39, 0.29) is 37.4 Å². The normalized spacial score (nSPS) is 16.0. The van der Waals surface area contributed by atoms with Gasteiger partial charge in [0, 0.05) is 25.4 Å². The fraction of sp³-hybridized carbons (Fsp3) is 0.233. The largest absolute Gasteiger partial charge is 0.391 e. The molecular formula is C30H29Cl2N3O3. The number of rotatable bonds is 10. The van der Waals surface area contributed by atoms with Crippen LogP contribution >= 0.6 is 23.2 Å². The van der Waals surface area contributed by atoms with Crippen LogP contribution in [0.5, 0.6) is 0 Å². The summed E-state index contributed by atoms with van der Waals surface area (Å²) in [4.78, 5) is 34.1. The molecule has 1 saturated heterocycles. The highest BCUT2D eigenvalue weighted by Gasteiger charge is 2.38. The molecular weight excluding hydrogens is 521 g/mol. The quantitative estimate of drug-likeness (QED) is 0.249. The molecule has 0 radical (unpaired) electrons. The predicted molar refractivity (Wildman–Crippen MR) is 151 cm³/mol. The van der Waals surface area contributed by atoms with Crippen molar-refractivity contribution in [3.05, 3.63) is 118 Å². The highest BCUT2D eigenvalue weighted by atomic mass is 35.5. The van der Waals surface area contributed by atoms with Crippen LogP contribution in [0.1, 0.15) is 35.4 Å². The molecule has 0 saturated carbocycles. The molecule has 0 aliphatic carbocycles. The number of nitrogens with zero attached hydrogens (tertiary/aromatic N) is 2. The Balaban J connectivity index is 1.57. The summed E-state index contributed by atoms with van der Waals surface area (Å²) in [6, 6.07) is 24.2. The highest BCUT2D eigenvalue weighted by molar-refractivity contribution is 6.42. The number of halogens is 2. The molecule has 0 spiro atoms. The summed E-state index contributed by atoms with van der Waals surface area (Å²) in [6.45, 7) is 4.49. The van der Waals surface area contributed by atoms with Gasteiger partial charge in [-0.05, 0) is 28.8 Å². The molecule has 1 aliphatic heterocycles. The van der Waals surface area contributed by atoms with E-state index in [0.717, 1.165) is 16.7 Å². The minimum Gasteiger partial charge on any atom is -0.391 e. The first-order valence-corrected chi connectivity index (χ1v) is 13.1. The van der Waals surface area contributed by atoms with Crippen molar-refractivity contribution in [1.29, 1.82) is 0 Å². The molecule has 1 heterocycles. The van der Waals surface area contributed by atoms with Gasteiger partial charge < -0.3 is 15.1 Å². The first kappa shape index (κ1) is 27.4. The molecule has 6 nitrogen and oxygen atoms in total. The van der Waals surface area contributed by atoms with Crippen LogP contribution in [0.15, 0.2) is 96.7 Å². The summed E-state index contributed by atoms with van der Waals surface area (Å²) in [6.07, 6.45) is 2.21. The second-order valence-electron chi connectivity index (χ2n) is 9.05. The van der Waals surface area contributed by atoms with Gasteiger partial charge in [0.2, 0.25) is 11.8 Å². The lowest BCUT2D eigenvalue weighted by Gasteiger charge is -2.28. The van der Waals surface area contributed by atoms with Gasteiger partial charge in [-0.1, -0.05) is 101 Å². The van der Waals surface area contributed by atoms with Gasteiger partial charge in [-0.3, -0.25) is 9.59 Å². The smallest absolute Gasteiger partial charge is 0.235 e. The van der Waals surface area contributed by atoms with Crippen LogP contribution in [0.2, 0.25) is 10.0 Å². The van der Waals surface area contributed by atoms with E-state index in [1.54, 1.807) is 23.1 Å². The molecule has 0 bridgehead atoms. The maximum atomic E-state index is 14.1. The summed E-state index contributed by atoms with van der Waals surface area (Å²) < 4.78 is 0. The standard InChI is InChI=1S/C30H29Cl2N3O3/c1-2-15-33-28(36)18-25-17-24(34-38-20-21-13-14-26(31)27(32)16-21)19-35(25)30(37)29(22-9-5-3-6-10-22)23-11-7-4-8-12-23/h2-14,16,25,29H,1,15,17-20H2,(H,33,36)/t25-/m0/s1. The van der Waals surface area contributed by atoms with E-state index < -0.39 is 5.92 Å². The van der Waals surface area contributed by atoms with Crippen molar-refractivity contribution >= 4 is 40.7 Å². The van der Waals surface area contributed by atoms with Crippen LogP contribution in [-0.2, 0) is 21.0 Å². The lowest BCUT2D eigenvalue weighted by molar-refractivity contribution is -0.133. The minimum absolute atomic E-state index is 0.0846. The molecule has 0 aromatic heterocycles. The summed E-state index contributed by atoms with van der Waals surface area (Å²) in [5.74, 6) is -0.743. The van der Waals surface area contributed by atoms with Gasteiger partial charge in [-0.15, -0.1) is 6.58 Å². The topological polar surface area (TPSA) is 71.0 Å². The molecule has 1 fully saturated rings. The van der Waals surface area contributed by atoms with Crippen LogP contribution in [-0.4, -0.2) is 41.6 Å². The number of carbonyl (C=O) groups excluding carboxylic acids is 2. The number of likely N-dealkylation sites (tertiary alicyclic amines) is 1. The van der Waals surface area contributed by atoms with Crippen molar-refractivity contribution in [3.63, 3.8) is 0 Å². The van der Waals surface area contributed by atoms with E-state index in [1.165, 1.54) is 0 Å². The van der Waals surface area contributed by atoms with Gasteiger partial charge in [0.05, 0.1) is 28.2 Å². The number of oxime groups is 1. The molecule has 38 heavy (non-hydrogen) atoms. The fourth-order valence-corrected chi connectivity index (χ4v) is 4.83. The second kappa shape index (κ2) is 13.3. The highest BCUT2D eigenvalue weighted by Crippen LogP contribution is 2.31. The minimum atomic E-state index is -0.507. The number of benzene rings is 3. The monoisotopic (exact) mass is 549 g/mol. The molecule has 1 aliphatic rings. The van der Waals surface area contributed by atoms with Crippen molar-refractivity contribution in [1.82, 2.24) is 10.2 Å². The third-order valence-corrected chi connectivity index (χ3v) is 7.07. The van der Waals surface area contributed by atoms with Gasteiger partial charge in [0.1, 0.15) is 6.61 Å². The maximum absolute atomic E-state index is 14.1. The Hall–Kier alpha value is -3.61. The zero-order valence-electron chi connectivity index (χ0n) is 20.9. The van der Waals surface area contributed by atoms with Gasteiger partial charge in [-0.2, -0.15) is 0 Å². The van der Waals surface area contributed by atoms with Crippen molar-refractivity contribution in [2.75, 3.05) is 13.1 Å². The van der Waals surface area contributed by atoms with Crippen molar-refractivity contribution < 1.29 is 14.4 Å². The zero-order valence-corrected chi connectivity index (χ0v) is 22.4. The van der Waals surface area contributed by atoms with Gasteiger partial charge in [0.15, 0.2) is 0 Å². The molecule has 3 aromatic carbocycles. The second-order valence-corrected chi connectivity index (χ2v) is 9.87. The summed E-state index contributed by atoms with van der Waals surface area (Å²) >= 11 is 12.1. The first-order chi connectivity index (χ1) is 18.5. The molecule has 1 N–H and O–H groups in total. The molecule has 2 amide bonds.